The van der Waals surface area contributed by atoms with Gasteiger partial charge in [-0.1, -0.05) is 12.1 Å². The Morgan fingerprint density at radius 2 is 1.84 bits per heavy atom. The standard InChI is InChI=1S/C19H23NO4S/c1-13-12-15(14(2)25-13)16(21)8-9-19(22)20-10-11-24-18-7-5-4-6-17(18)23-3/h4-7,12H,8-11H2,1-3H3,(H,20,22). The van der Waals surface area contributed by atoms with Crippen molar-refractivity contribution in [2.45, 2.75) is 26.7 Å². The number of rotatable bonds is 9. The number of Topliss-reactive ketones (excluding diaryl/α,β-unsaturated/α-hetero) is 1. The number of para-hydroxylation sites is 2. The van der Waals surface area contributed by atoms with Gasteiger partial charge in [-0.05, 0) is 32.0 Å². The zero-order valence-electron chi connectivity index (χ0n) is 14.8. The second kappa shape index (κ2) is 9.22. The van der Waals surface area contributed by atoms with Crippen LogP contribution in [0.25, 0.3) is 0 Å². The molecule has 1 aromatic carbocycles. The van der Waals surface area contributed by atoms with Crippen LogP contribution in [0.5, 0.6) is 11.5 Å². The smallest absolute Gasteiger partial charge is 0.220 e. The molecule has 2 rings (SSSR count). The van der Waals surface area contributed by atoms with Gasteiger partial charge >= 0.3 is 0 Å². The van der Waals surface area contributed by atoms with Gasteiger partial charge in [0.25, 0.3) is 0 Å². The molecule has 0 saturated carbocycles. The van der Waals surface area contributed by atoms with Crippen molar-refractivity contribution in [1.29, 1.82) is 0 Å². The van der Waals surface area contributed by atoms with E-state index in [1.165, 1.54) is 0 Å². The number of carbonyl (C=O) groups is 2. The molecule has 5 nitrogen and oxygen atoms in total. The molecule has 25 heavy (non-hydrogen) atoms. The van der Waals surface area contributed by atoms with Crippen molar-refractivity contribution in [2.75, 3.05) is 20.3 Å². The Bertz CT molecular complexity index is 739. The van der Waals surface area contributed by atoms with E-state index in [-0.39, 0.29) is 24.5 Å². The number of ketones is 1. The molecule has 0 bridgehead atoms. The molecule has 0 radical (unpaired) electrons. The number of benzene rings is 1. The molecule has 0 saturated heterocycles. The minimum atomic E-state index is -0.151. The molecule has 1 heterocycles. The van der Waals surface area contributed by atoms with Gasteiger partial charge in [0.05, 0.1) is 13.7 Å². The van der Waals surface area contributed by atoms with Crippen LogP contribution in [0.15, 0.2) is 30.3 Å². The lowest BCUT2D eigenvalue weighted by atomic mass is 10.1. The molecule has 6 heteroatoms. The lowest BCUT2D eigenvalue weighted by molar-refractivity contribution is -0.121. The number of hydrogen-bond donors (Lipinski definition) is 1. The SMILES string of the molecule is COc1ccccc1OCCNC(=O)CCC(=O)c1cc(C)sc1C. The monoisotopic (exact) mass is 361 g/mol. The summed E-state index contributed by atoms with van der Waals surface area (Å²) in [5.74, 6) is 1.16. The maximum atomic E-state index is 12.2. The molecule has 0 aliphatic heterocycles. The summed E-state index contributed by atoms with van der Waals surface area (Å²) in [7, 11) is 1.58. The number of nitrogens with one attached hydrogen (secondary N) is 1. The van der Waals surface area contributed by atoms with E-state index in [2.05, 4.69) is 5.32 Å². The van der Waals surface area contributed by atoms with E-state index in [4.69, 9.17) is 9.47 Å². The number of hydrogen-bond acceptors (Lipinski definition) is 5. The fourth-order valence-corrected chi connectivity index (χ4v) is 3.39. The van der Waals surface area contributed by atoms with Gasteiger partial charge in [-0.15, -0.1) is 11.3 Å². The van der Waals surface area contributed by atoms with E-state index < -0.39 is 0 Å². The van der Waals surface area contributed by atoms with E-state index in [9.17, 15) is 9.59 Å². The van der Waals surface area contributed by atoms with Crippen molar-refractivity contribution >= 4 is 23.0 Å². The van der Waals surface area contributed by atoms with Crippen LogP contribution in [0.3, 0.4) is 0 Å². The molecule has 0 fully saturated rings. The first kappa shape index (κ1) is 19.0. The lowest BCUT2D eigenvalue weighted by Crippen LogP contribution is -2.28. The van der Waals surface area contributed by atoms with E-state index in [1.807, 2.05) is 44.2 Å². The minimum absolute atomic E-state index is 0.0160. The molecule has 1 amide bonds. The minimum Gasteiger partial charge on any atom is -0.493 e. The highest BCUT2D eigenvalue weighted by molar-refractivity contribution is 7.12. The van der Waals surface area contributed by atoms with Crippen LogP contribution in [-0.2, 0) is 4.79 Å². The Morgan fingerprint density at radius 1 is 1.12 bits per heavy atom. The number of ether oxygens (including phenoxy) is 2. The number of carbonyl (C=O) groups excluding carboxylic acids is 2. The summed E-state index contributed by atoms with van der Waals surface area (Å²) >= 11 is 1.60. The number of amides is 1. The quantitative estimate of drug-likeness (QED) is 0.548. The van der Waals surface area contributed by atoms with Crippen molar-refractivity contribution in [2.24, 2.45) is 0 Å². The Kier molecular flexibility index (Phi) is 7.01. The van der Waals surface area contributed by atoms with Gasteiger partial charge in [0.15, 0.2) is 17.3 Å². The van der Waals surface area contributed by atoms with Crippen LogP contribution in [0.4, 0.5) is 0 Å². The summed E-state index contributed by atoms with van der Waals surface area (Å²) in [5, 5.41) is 2.76. The third-order valence-corrected chi connectivity index (χ3v) is 4.64. The fourth-order valence-electron chi connectivity index (χ4n) is 2.45. The van der Waals surface area contributed by atoms with Gasteiger partial charge in [-0.2, -0.15) is 0 Å². The fraction of sp³-hybridized carbons (Fsp3) is 0.368. The number of aryl methyl sites for hydroxylation is 2. The Morgan fingerprint density at radius 3 is 2.48 bits per heavy atom. The molecule has 0 aliphatic rings. The van der Waals surface area contributed by atoms with E-state index >= 15 is 0 Å². The first-order valence-electron chi connectivity index (χ1n) is 8.14. The van der Waals surface area contributed by atoms with Crippen LogP contribution >= 0.6 is 11.3 Å². The van der Waals surface area contributed by atoms with Gasteiger partial charge in [0, 0.05) is 28.2 Å². The zero-order chi connectivity index (χ0) is 18.2. The summed E-state index contributed by atoms with van der Waals surface area (Å²) in [6.07, 6.45) is 0.401. The molecule has 0 aliphatic carbocycles. The average Bonchev–Trinajstić information content (AvgIpc) is 2.95. The molecule has 1 aromatic heterocycles. The van der Waals surface area contributed by atoms with Crippen LogP contribution in [0, 0.1) is 13.8 Å². The van der Waals surface area contributed by atoms with Crippen molar-refractivity contribution in [3.8, 4) is 11.5 Å². The second-order valence-electron chi connectivity index (χ2n) is 5.60. The third-order valence-electron chi connectivity index (χ3n) is 3.67. The largest absolute Gasteiger partial charge is 0.493 e. The summed E-state index contributed by atoms with van der Waals surface area (Å²) in [6, 6.07) is 9.23. The Hall–Kier alpha value is -2.34. The molecule has 2 aromatic rings. The van der Waals surface area contributed by atoms with Crippen LogP contribution in [0.2, 0.25) is 0 Å². The summed E-state index contributed by atoms with van der Waals surface area (Å²) in [6.45, 7) is 4.62. The van der Waals surface area contributed by atoms with Crippen LogP contribution in [-0.4, -0.2) is 32.0 Å². The molecule has 0 unspecified atom stereocenters. The van der Waals surface area contributed by atoms with E-state index in [1.54, 1.807) is 18.4 Å². The maximum Gasteiger partial charge on any atom is 0.220 e. The molecule has 1 N–H and O–H groups in total. The van der Waals surface area contributed by atoms with Gasteiger partial charge in [0.2, 0.25) is 5.91 Å². The molecule has 0 atom stereocenters. The predicted octanol–water partition coefficient (Wildman–Crippen LogP) is 3.53. The summed E-state index contributed by atoms with van der Waals surface area (Å²) < 4.78 is 10.8. The molecule has 134 valence electrons. The van der Waals surface area contributed by atoms with Crippen molar-refractivity contribution in [3.05, 3.63) is 45.6 Å². The number of thiophene rings is 1. The summed E-state index contributed by atoms with van der Waals surface area (Å²) in [4.78, 5) is 26.1. The number of methoxy groups -OCH3 is 1. The molecular formula is C19H23NO4S. The van der Waals surface area contributed by atoms with Crippen molar-refractivity contribution < 1.29 is 19.1 Å². The highest BCUT2D eigenvalue weighted by atomic mass is 32.1. The Balaban J connectivity index is 1.69. The average molecular weight is 361 g/mol. The van der Waals surface area contributed by atoms with E-state index in [0.29, 0.717) is 24.7 Å². The van der Waals surface area contributed by atoms with Crippen molar-refractivity contribution in [3.63, 3.8) is 0 Å². The third kappa shape index (κ3) is 5.60. The van der Waals surface area contributed by atoms with Gasteiger partial charge in [-0.25, -0.2) is 0 Å². The predicted molar refractivity (Wildman–Crippen MR) is 98.9 cm³/mol. The summed E-state index contributed by atoms with van der Waals surface area (Å²) in [5.41, 5.74) is 0.731. The van der Waals surface area contributed by atoms with Gasteiger partial charge < -0.3 is 14.8 Å². The lowest BCUT2D eigenvalue weighted by Gasteiger charge is -2.10. The van der Waals surface area contributed by atoms with Crippen LogP contribution in [0.1, 0.15) is 33.0 Å². The van der Waals surface area contributed by atoms with Gasteiger partial charge in [-0.3, -0.25) is 9.59 Å². The molecular weight excluding hydrogens is 338 g/mol. The van der Waals surface area contributed by atoms with Gasteiger partial charge in [0.1, 0.15) is 6.61 Å². The first-order chi connectivity index (χ1) is 12.0. The van der Waals surface area contributed by atoms with Crippen LogP contribution < -0.4 is 14.8 Å². The zero-order valence-corrected chi connectivity index (χ0v) is 15.6. The first-order valence-corrected chi connectivity index (χ1v) is 8.95. The Labute approximate surface area is 152 Å². The van der Waals surface area contributed by atoms with E-state index in [0.717, 1.165) is 15.3 Å². The highest BCUT2D eigenvalue weighted by Gasteiger charge is 2.13. The topological polar surface area (TPSA) is 64.6 Å². The molecule has 0 spiro atoms. The highest BCUT2D eigenvalue weighted by Crippen LogP contribution is 2.25. The second-order valence-corrected chi connectivity index (χ2v) is 7.06. The van der Waals surface area contributed by atoms with Crippen molar-refractivity contribution in [1.82, 2.24) is 5.32 Å². The maximum absolute atomic E-state index is 12.2. The normalized spacial score (nSPS) is 10.4.